The summed E-state index contributed by atoms with van der Waals surface area (Å²) in [7, 11) is 0. The average Bonchev–Trinajstić information content (AvgIpc) is 3.06. The van der Waals surface area contributed by atoms with E-state index in [1.807, 2.05) is 34.7 Å². The number of nitrogens with two attached hydrogens (primary N) is 1. The molecule has 3 rings (SSSR count). The van der Waals surface area contributed by atoms with Gasteiger partial charge in [-0.2, -0.15) is 0 Å². The molecule has 0 aliphatic carbocycles. The van der Waals surface area contributed by atoms with Crippen molar-refractivity contribution in [1.82, 2.24) is 14.4 Å². The van der Waals surface area contributed by atoms with Crippen molar-refractivity contribution in [2.24, 2.45) is 0 Å². The fourth-order valence-corrected chi connectivity index (χ4v) is 2.80. The van der Waals surface area contributed by atoms with Gasteiger partial charge in [-0.3, -0.25) is 14.0 Å². The minimum absolute atomic E-state index is 0.113. The van der Waals surface area contributed by atoms with E-state index in [9.17, 15) is 9.59 Å². The standard InChI is InChI=1S/C8H5BrN2O.C5H5BrN2.C3H3Cl3O/c9-7-2-1-3-8-10-6(5-12)4-11(7)8;6-4-2-1-3-5(7)8-4;4-1-2(7)3(5)6/h1-5H;1-3H,(H2,7,8);3H,1H2. The molecule has 3 aromatic heterocycles. The molecule has 144 valence electrons. The quantitative estimate of drug-likeness (QED) is 0.279. The van der Waals surface area contributed by atoms with Crippen molar-refractivity contribution in [2.75, 3.05) is 11.6 Å². The van der Waals surface area contributed by atoms with Gasteiger partial charge >= 0.3 is 0 Å². The van der Waals surface area contributed by atoms with Crippen molar-refractivity contribution in [1.29, 1.82) is 0 Å². The monoisotopic (exact) mass is 556 g/mol. The number of pyridine rings is 2. The number of carbonyl (C=O) groups excluding carboxylic acids is 2. The molecule has 0 spiro atoms. The van der Waals surface area contributed by atoms with Gasteiger partial charge in [-0.1, -0.05) is 35.3 Å². The highest BCUT2D eigenvalue weighted by Crippen LogP contribution is 2.13. The van der Waals surface area contributed by atoms with E-state index < -0.39 is 4.84 Å². The van der Waals surface area contributed by atoms with Crippen LogP contribution in [0, 0.1) is 0 Å². The summed E-state index contributed by atoms with van der Waals surface area (Å²) in [4.78, 5) is 27.5. The summed E-state index contributed by atoms with van der Waals surface area (Å²) < 4.78 is 3.47. The van der Waals surface area contributed by atoms with Gasteiger partial charge in [0, 0.05) is 6.20 Å². The Kier molecular flexibility index (Phi) is 10.9. The van der Waals surface area contributed by atoms with Crippen LogP contribution in [0.4, 0.5) is 5.82 Å². The van der Waals surface area contributed by atoms with Crippen LogP contribution in [-0.2, 0) is 4.79 Å². The molecule has 0 unspecified atom stereocenters. The van der Waals surface area contributed by atoms with Gasteiger partial charge in [0.05, 0.1) is 10.5 Å². The van der Waals surface area contributed by atoms with Crippen molar-refractivity contribution in [3.63, 3.8) is 0 Å². The van der Waals surface area contributed by atoms with Gasteiger partial charge in [0.1, 0.15) is 21.8 Å². The second kappa shape index (κ2) is 12.3. The topological polar surface area (TPSA) is 90.3 Å². The predicted molar refractivity (Wildman–Crippen MR) is 116 cm³/mol. The number of Topliss-reactive ketones (excluding diaryl/α,β-unsaturated/α-hetero) is 1. The Bertz CT molecular complexity index is 889. The van der Waals surface area contributed by atoms with Gasteiger partial charge in [-0.25, -0.2) is 9.97 Å². The minimum atomic E-state index is -0.961. The molecular weight excluding hydrogens is 546 g/mol. The lowest BCUT2D eigenvalue weighted by Gasteiger charge is -1.93. The number of carbonyl (C=O) groups is 2. The van der Waals surface area contributed by atoms with Crippen molar-refractivity contribution >= 4 is 90.2 Å². The molecule has 0 saturated carbocycles. The van der Waals surface area contributed by atoms with Crippen LogP contribution in [0.25, 0.3) is 5.65 Å². The summed E-state index contributed by atoms with van der Waals surface area (Å²) in [6.07, 6.45) is 2.42. The van der Waals surface area contributed by atoms with E-state index in [1.54, 1.807) is 12.3 Å². The fourth-order valence-electron chi connectivity index (χ4n) is 1.54. The molecule has 0 amide bonds. The zero-order chi connectivity index (χ0) is 20.4. The number of rotatable bonds is 3. The first-order chi connectivity index (χ1) is 12.8. The molecule has 0 atom stereocenters. The summed E-state index contributed by atoms with van der Waals surface area (Å²) in [6.45, 7) is 0. The van der Waals surface area contributed by atoms with E-state index in [1.165, 1.54) is 0 Å². The fraction of sp³-hybridized carbons (Fsp3) is 0.125. The van der Waals surface area contributed by atoms with E-state index in [4.69, 9.17) is 40.5 Å². The van der Waals surface area contributed by atoms with Gasteiger partial charge in [-0.05, 0) is 56.1 Å². The number of anilines is 1. The highest BCUT2D eigenvalue weighted by molar-refractivity contribution is 9.10. The molecule has 2 N–H and O–H groups in total. The Morgan fingerprint density at radius 2 is 1.85 bits per heavy atom. The Morgan fingerprint density at radius 1 is 1.19 bits per heavy atom. The Hall–Kier alpha value is -1.19. The van der Waals surface area contributed by atoms with Gasteiger partial charge in [-0.15, -0.1) is 11.6 Å². The first-order valence-electron chi connectivity index (χ1n) is 7.12. The molecule has 6 nitrogen and oxygen atoms in total. The highest BCUT2D eigenvalue weighted by Gasteiger charge is 2.07. The number of nitrogens with zero attached hydrogens (tertiary/aromatic N) is 3. The van der Waals surface area contributed by atoms with Crippen LogP contribution in [0.5, 0.6) is 0 Å². The third-order valence-corrected chi connectivity index (χ3v) is 4.53. The second-order valence-corrected chi connectivity index (χ2v) is 7.63. The van der Waals surface area contributed by atoms with E-state index in [2.05, 4.69) is 41.8 Å². The van der Waals surface area contributed by atoms with E-state index >= 15 is 0 Å². The van der Waals surface area contributed by atoms with Gasteiger partial charge in [0.2, 0.25) is 0 Å². The third kappa shape index (κ3) is 8.57. The predicted octanol–water partition coefficient (Wildman–Crippen LogP) is 4.93. The molecule has 27 heavy (non-hydrogen) atoms. The maximum atomic E-state index is 10.4. The minimum Gasteiger partial charge on any atom is -0.384 e. The van der Waals surface area contributed by atoms with Gasteiger partial charge < -0.3 is 5.73 Å². The number of alkyl halides is 3. The van der Waals surface area contributed by atoms with E-state index in [0.717, 1.165) is 21.1 Å². The number of fused-ring (bicyclic) bond motifs is 1. The average molecular weight is 559 g/mol. The number of aldehydes is 1. The summed E-state index contributed by atoms with van der Waals surface area (Å²) in [5.41, 5.74) is 6.53. The molecular formula is C16H13Br2Cl3N4O2. The molecule has 11 heteroatoms. The molecule has 0 aliphatic rings. The van der Waals surface area contributed by atoms with Crippen LogP contribution in [0.15, 0.2) is 51.8 Å². The third-order valence-electron chi connectivity index (χ3n) is 2.69. The summed E-state index contributed by atoms with van der Waals surface area (Å²) in [6, 6.07) is 11.0. The molecule has 0 saturated heterocycles. The summed E-state index contributed by atoms with van der Waals surface area (Å²) >= 11 is 21.7. The maximum absolute atomic E-state index is 10.4. The number of hydrogen-bond donors (Lipinski definition) is 1. The van der Waals surface area contributed by atoms with Crippen molar-refractivity contribution in [2.45, 2.75) is 4.84 Å². The first kappa shape index (κ1) is 23.8. The first-order valence-corrected chi connectivity index (χ1v) is 10.1. The normalized spacial score (nSPS) is 9.85. The largest absolute Gasteiger partial charge is 0.384 e. The number of hydrogen-bond acceptors (Lipinski definition) is 5. The summed E-state index contributed by atoms with van der Waals surface area (Å²) in [5.74, 6) is 0.0712. The number of imidazole rings is 1. The van der Waals surface area contributed by atoms with E-state index in [0.29, 0.717) is 11.5 Å². The van der Waals surface area contributed by atoms with Gasteiger partial charge in [0.15, 0.2) is 16.9 Å². The molecule has 0 bridgehead atoms. The molecule has 0 aliphatic heterocycles. The molecule has 3 aromatic rings. The number of aromatic nitrogens is 3. The van der Waals surface area contributed by atoms with Crippen LogP contribution >= 0.6 is 66.7 Å². The SMILES string of the molecule is Nc1cccc(Br)n1.O=C(CCl)C(Cl)Cl.O=Cc1cn2c(Br)cccc2n1. The Labute approximate surface area is 187 Å². The lowest BCUT2D eigenvalue weighted by atomic mass is 10.5. The Balaban J connectivity index is 0.000000214. The van der Waals surface area contributed by atoms with Crippen LogP contribution in [0.1, 0.15) is 10.5 Å². The van der Waals surface area contributed by atoms with Crippen molar-refractivity contribution in [3.05, 3.63) is 57.5 Å². The smallest absolute Gasteiger partial charge is 0.180 e. The van der Waals surface area contributed by atoms with Crippen LogP contribution in [0.2, 0.25) is 0 Å². The molecule has 3 heterocycles. The van der Waals surface area contributed by atoms with Crippen LogP contribution in [0.3, 0.4) is 0 Å². The molecule has 0 fully saturated rings. The number of halogens is 5. The van der Waals surface area contributed by atoms with Crippen molar-refractivity contribution in [3.8, 4) is 0 Å². The Morgan fingerprint density at radius 3 is 2.26 bits per heavy atom. The number of nitrogen functional groups attached to an aromatic ring is 1. The van der Waals surface area contributed by atoms with Gasteiger partial charge in [0.25, 0.3) is 0 Å². The zero-order valence-electron chi connectivity index (χ0n) is 13.5. The zero-order valence-corrected chi connectivity index (χ0v) is 19.0. The second-order valence-electron chi connectivity index (χ2n) is 4.65. The van der Waals surface area contributed by atoms with E-state index in [-0.39, 0.29) is 11.7 Å². The maximum Gasteiger partial charge on any atom is 0.180 e. The van der Waals surface area contributed by atoms with Crippen molar-refractivity contribution < 1.29 is 9.59 Å². The van der Waals surface area contributed by atoms with Crippen LogP contribution in [-0.4, -0.2) is 37.2 Å². The molecule has 0 radical (unpaired) electrons. The summed E-state index contributed by atoms with van der Waals surface area (Å²) in [5, 5.41) is 0. The molecule has 0 aromatic carbocycles. The lowest BCUT2D eigenvalue weighted by molar-refractivity contribution is -0.115. The highest BCUT2D eigenvalue weighted by atomic mass is 79.9. The number of ketones is 1. The lowest BCUT2D eigenvalue weighted by Crippen LogP contribution is -2.07. The van der Waals surface area contributed by atoms with Crippen LogP contribution < -0.4 is 5.73 Å².